The van der Waals surface area contributed by atoms with E-state index in [9.17, 15) is 9.90 Å². The average Bonchev–Trinajstić information content (AvgIpc) is 2.39. The van der Waals surface area contributed by atoms with E-state index in [4.69, 9.17) is 4.74 Å². The third-order valence-corrected chi connectivity index (χ3v) is 3.29. The lowest BCUT2D eigenvalue weighted by Crippen LogP contribution is -2.20. The number of carbonyl (C=O) groups is 1. The fourth-order valence-electron chi connectivity index (χ4n) is 1.87. The number of hydrogen-bond donors (Lipinski definition) is 1. The topological polar surface area (TPSA) is 46.5 Å². The predicted octanol–water partition coefficient (Wildman–Crippen LogP) is 3.31. The van der Waals surface area contributed by atoms with Crippen LogP contribution in [0.5, 0.6) is 0 Å². The molecule has 0 amide bonds. The van der Waals surface area contributed by atoms with Crippen LogP contribution < -0.4 is 0 Å². The monoisotopic (exact) mass is 250 g/mol. The molecular weight excluding hydrogens is 228 g/mol. The zero-order valence-corrected chi connectivity index (χ0v) is 11.1. The third-order valence-electron chi connectivity index (χ3n) is 3.29. The van der Waals surface area contributed by atoms with Crippen LogP contribution in [-0.4, -0.2) is 24.3 Å². The molecule has 0 saturated carbocycles. The van der Waals surface area contributed by atoms with E-state index in [0.29, 0.717) is 12.5 Å². The molecule has 1 aromatic rings. The van der Waals surface area contributed by atoms with E-state index in [0.717, 1.165) is 18.4 Å². The van der Waals surface area contributed by atoms with Crippen molar-refractivity contribution in [1.82, 2.24) is 0 Å². The Morgan fingerprint density at radius 1 is 1.17 bits per heavy atom. The minimum absolute atomic E-state index is 0.246. The Bertz CT molecular complexity index is 344. The number of benzene rings is 1. The molecule has 1 aromatic carbocycles. The van der Waals surface area contributed by atoms with Gasteiger partial charge in [-0.15, -0.1) is 0 Å². The van der Waals surface area contributed by atoms with E-state index in [1.807, 2.05) is 30.3 Å². The Morgan fingerprint density at radius 3 is 2.28 bits per heavy atom. The average molecular weight is 250 g/mol. The van der Waals surface area contributed by atoms with Gasteiger partial charge in [0.05, 0.1) is 6.61 Å². The first-order valence-electron chi connectivity index (χ1n) is 6.54. The van der Waals surface area contributed by atoms with Crippen molar-refractivity contribution in [3.05, 3.63) is 35.9 Å². The molecule has 0 aliphatic rings. The summed E-state index contributed by atoms with van der Waals surface area (Å²) in [7, 11) is 0. The first-order valence-corrected chi connectivity index (χ1v) is 6.54. The number of carboxylic acid groups (broad SMARTS) is 1. The molecule has 0 aliphatic carbocycles. The summed E-state index contributed by atoms with van der Waals surface area (Å²) in [6, 6.07) is 9.25. The molecule has 18 heavy (non-hydrogen) atoms. The molecule has 1 unspecified atom stereocenters. The summed E-state index contributed by atoms with van der Waals surface area (Å²) in [6.07, 6.45) is 2.14. The molecule has 0 aliphatic heterocycles. The van der Waals surface area contributed by atoms with Crippen molar-refractivity contribution in [2.24, 2.45) is 5.92 Å². The second-order valence-electron chi connectivity index (χ2n) is 4.52. The van der Waals surface area contributed by atoms with Gasteiger partial charge in [-0.25, -0.2) is 0 Å². The Morgan fingerprint density at radius 2 is 1.78 bits per heavy atom. The zero-order valence-electron chi connectivity index (χ0n) is 11.1. The molecule has 0 radical (unpaired) electrons. The highest BCUT2D eigenvalue weighted by molar-refractivity contribution is 5.76. The van der Waals surface area contributed by atoms with Gasteiger partial charge in [-0.3, -0.25) is 4.79 Å². The minimum Gasteiger partial charge on any atom is -0.481 e. The maximum absolute atomic E-state index is 11.2. The molecule has 0 spiro atoms. The second kappa shape index (κ2) is 7.88. The molecule has 1 rings (SSSR count). The van der Waals surface area contributed by atoms with Gasteiger partial charge in [0.25, 0.3) is 0 Å². The summed E-state index contributed by atoms with van der Waals surface area (Å²) >= 11 is 0. The standard InChI is InChI=1S/C15H22O3/c1-3-12(4-2)10-18-11-14(15(16)17)13-8-6-5-7-9-13/h5-9,12,14H,3-4,10-11H2,1-2H3,(H,16,17). The summed E-state index contributed by atoms with van der Waals surface area (Å²) in [5, 5.41) is 9.23. The predicted molar refractivity (Wildman–Crippen MR) is 71.7 cm³/mol. The number of ether oxygens (including phenoxy) is 1. The zero-order chi connectivity index (χ0) is 13.4. The lowest BCUT2D eigenvalue weighted by molar-refractivity contribution is -0.140. The van der Waals surface area contributed by atoms with Crippen LogP contribution in [0.15, 0.2) is 30.3 Å². The van der Waals surface area contributed by atoms with Gasteiger partial charge in [0.2, 0.25) is 0 Å². The first kappa shape index (κ1) is 14.7. The Kier molecular flexibility index (Phi) is 6.44. The quantitative estimate of drug-likeness (QED) is 0.770. The maximum Gasteiger partial charge on any atom is 0.313 e. The summed E-state index contributed by atoms with van der Waals surface area (Å²) in [4.78, 5) is 11.2. The van der Waals surface area contributed by atoms with Gasteiger partial charge >= 0.3 is 5.97 Å². The van der Waals surface area contributed by atoms with Crippen LogP contribution in [-0.2, 0) is 9.53 Å². The van der Waals surface area contributed by atoms with Crippen LogP contribution in [0.2, 0.25) is 0 Å². The van der Waals surface area contributed by atoms with Gasteiger partial charge in [0.1, 0.15) is 5.92 Å². The molecule has 100 valence electrons. The highest BCUT2D eigenvalue weighted by Gasteiger charge is 2.20. The van der Waals surface area contributed by atoms with Crippen molar-refractivity contribution in [3.63, 3.8) is 0 Å². The van der Waals surface area contributed by atoms with Crippen LogP contribution in [0.4, 0.5) is 0 Å². The van der Waals surface area contributed by atoms with Crippen molar-refractivity contribution >= 4 is 5.97 Å². The van der Waals surface area contributed by atoms with Crippen molar-refractivity contribution in [3.8, 4) is 0 Å². The van der Waals surface area contributed by atoms with E-state index < -0.39 is 11.9 Å². The molecular formula is C15H22O3. The van der Waals surface area contributed by atoms with Gasteiger partial charge in [-0.1, -0.05) is 57.0 Å². The van der Waals surface area contributed by atoms with Crippen LogP contribution in [0, 0.1) is 5.92 Å². The van der Waals surface area contributed by atoms with Gasteiger partial charge in [0, 0.05) is 6.61 Å². The fourth-order valence-corrected chi connectivity index (χ4v) is 1.87. The van der Waals surface area contributed by atoms with Crippen LogP contribution in [0.1, 0.15) is 38.2 Å². The normalized spacial score (nSPS) is 12.6. The summed E-state index contributed by atoms with van der Waals surface area (Å²) < 4.78 is 5.57. The molecule has 1 atom stereocenters. The van der Waals surface area contributed by atoms with Crippen molar-refractivity contribution < 1.29 is 14.6 Å². The molecule has 0 fully saturated rings. The van der Waals surface area contributed by atoms with E-state index in [1.54, 1.807) is 0 Å². The SMILES string of the molecule is CCC(CC)COCC(C(=O)O)c1ccccc1. The summed E-state index contributed by atoms with van der Waals surface area (Å²) in [5.41, 5.74) is 0.801. The smallest absolute Gasteiger partial charge is 0.313 e. The lowest BCUT2D eigenvalue weighted by atomic mass is 10.00. The highest BCUT2D eigenvalue weighted by Crippen LogP contribution is 2.17. The second-order valence-corrected chi connectivity index (χ2v) is 4.52. The molecule has 3 nitrogen and oxygen atoms in total. The van der Waals surface area contributed by atoms with Crippen LogP contribution in [0.25, 0.3) is 0 Å². The molecule has 0 aromatic heterocycles. The van der Waals surface area contributed by atoms with Crippen molar-refractivity contribution in [2.45, 2.75) is 32.6 Å². The third kappa shape index (κ3) is 4.49. The summed E-state index contributed by atoms with van der Waals surface area (Å²) in [6.45, 7) is 5.15. The molecule has 0 heterocycles. The van der Waals surface area contributed by atoms with Crippen molar-refractivity contribution in [1.29, 1.82) is 0 Å². The number of carboxylic acids is 1. The molecule has 1 N–H and O–H groups in total. The van der Waals surface area contributed by atoms with Gasteiger partial charge < -0.3 is 9.84 Å². The largest absolute Gasteiger partial charge is 0.481 e. The minimum atomic E-state index is -0.828. The first-order chi connectivity index (χ1) is 8.69. The Balaban J connectivity index is 2.52. The van der Waals surface area contributed by atoms with Crippen molar-refractivity contribution in [2.75, 3.05) is 13.2 Å². The van der Waals surface area contributed by atoms with Crippen LogP contribution in [0.3, 0.4) is 0 Å². The Labute approximate surface area is 109 Å². The molecule has 3 heteroatoms. The molecule has 0 bridgehead atoms. The van der Waals surface area contributed by atoms with Crippen LogP contribution >= 0.6 is 0 Å². The van der Waals surface area contributed by atoms with E-state index in [-0.39, 0.29) is 6.61 Å². The van der Waals surface area contributed by atoms with Gasteiger partial charge in [0.15, 0.2) is 0 Å². The fraction of sp³-hybridized carbons (Fsp3) is 0.533. The lowest BCUT2D eigenvalue weighted by Gasteiger charge is -2.16. The summed E-state index contributed by atoms with van der Waals surface area (Å²) in [5.74, 6) is -0.874. The number of rotatable bonds is 8. The van der Waals surface area contributed by atoms with E-state index >= 15 is 0 Å². The van der Waals surface area contributed by atoms with Gasteiger partial charge in [-0.05, 0) is 11.5 Å². The number of hydrogen-bond acceptors (Lipinski definition) is 2. The van der Waals surface area contributed by atoms with Gasteiger partial charge in [-0.2, -0.15) is 0 Å². The Hall–Kier alpha value is -1.35. The maximum atomic E-state index is 11.2. The van der Waals surface area contributed by atoms with E-state index in [1.165, 1.54) is 0 Å². The molecule has 0 saturated heterocycles. The van der Waals surface area contributed by atoms with E-state index in [2.05, 4.69) is 13.8 Å². The highest BCUT2D eigenvalue weighted by atomic mass is 16.5. The number of aliphatic carboxylic acids is 1.